The Morgan fingerprint density at radius 1 is 1.18 bits per heavy atom. The molecule has 1 saturated heterocycles. The number of hydrogen-bond acceptors (Lipinski definition) is 5. The van der Waals surface area contributed by atoms with Crippen LogP contribution in [0.5, 0.6) is 0 Å². The smallest absolute Gasteiger partial charge is 0.410 e. The average Bonchev–Trinajstić information content (AvgIpc) is 3.36. The molecule has 2 fully saturated rings. The number of ether oxygens (including phenoxy) is 1. The Kier molecular flexibility index (Phi) is 6.53. The molecular weight excluding hydrogens is 428 g/mol. The van der Waals surface area contributed by atoms with Crippen molar-refractivity contribution in [3.8, 4) is 17.3 Å². The average molecular weight is 463 g/mol. The van der Waals surface area contributed by atoms with Gasteiger partial charge >= 0.3 is 6.09 Å². The van der Waals surface area contributed by atoms with E-state index in [1.165, 1.54) is 0 Å². The van der Waals surface area contributed by atoms with Crippen molar-refractivity contribution in [1.29, 1.82) is 5.26 Å². The molecule has 2 aromatic rings. The summed E-state index contributed by atoms with van der Waals surface area (Å²) in [6.45, 7) is 10.8. The van der Waals surface area contributed by atoms with E-state index in [0.29, 0.717) is 36.7 Å². The zero-order chi connectivity index (χ0) is 24.6. The minimum absolute atomic E-state index is 0.0467. The van der Waals surface area contributed by atoms with Gasteiger partial charge in [0.25, 0.3) is 0 Å². The van der Waals surface area contributed by atoms with Crippen molar-refractivity contribution in [3.05, 3.63) is 41.1 Å². The number of nitriles is 1. The third-order valence-corrected chi connectivity index (χ3v) is 6.38. The van der Waals surface area contributed by atoms with E-state index in [1.807, 2.05) is 51.4 Å². The predicted molar refractivity (Wildman–Crippen MR) is 130 cm³/mol. The lowest BCUT2D eigenvalue weighted by Crippen LogP contribution is -2.35. The first-order valence-corrected chi connectivity index (χ1v) is 12.2. The van der Waals surface area contributed by atoms with Gasteiger partial charge in [0.05, 0.1) is 17.3 Å². The number of nitrogens with zero attached hydrogens (tertiary/aromatic N) is 4. The first-order valence-electron chi connectivity index (χ1n) is 12.2. The van der Waals surface area contributed by atoms with Crippen LogP contribution in [0, 0.1) is 17.2 Å². The van der Waals surface area contributed by atoms with Crippen molar-refractivity contribution >= 4 is 11.9 Å². The lowest BCUT2D eigenvalue weighted by atomic mass is 9.94. The molecule has 2 aliphatic rings. The molecule has 1 aromatic carbocycles. The van der Waals surface area contributed by atoms with Gasteiger partial charge in [0.2, 0.25) is 0 Å². The van der Waals surface area contributed by atoms with Crippen LogP contribution < -0.4 is 0 Å². The van der Waals surface area contributed by atoms with Gasteiger partial charge in [0.15, 0.2) is 5.78 Å². The number of carbonyl (C=O) groups is 2. The van der Waals surface area contributed by atoms with Crippen LogP contribution in [0.4, 0.5) is 4.79 Å². The standard InChI is InChI=1S/C27H34N4O3/c1-17(2)31-25(22(32)14-19-12-13-30(16-19)26(33)34-27(3,4)5)23(20-10-11-20)24(29-31)21-8-6-18(15-28)7-9-21/h6-9,17,19-20H,10-14,16H2,1-5H3/t19-/m1/s1. The molecule has 1 aliphatic carbocycles. The fraction of sp³-hybridized carbons (Fsp3) is 0.556. The minimum atomic E-state index is -0.532. The summed E-state index contributed by atoms with van der Waals surface area (Å²) in [5.74, 6) is 0.555. The molecule has 0 unspecified atom stereocenters. The maximum absolute atomic E-state index is 13.7. The topological polar surface area (TPSA) is 88.2 Å². The summed E-state index contributed by atoms with van der Waals surface area (Å²) in [4.78, 5) is 27.9. The van der Waals surface area contributed by atoms with Gasteiger partial charge < -0.3 is 9.64 Å². The number of hydrogen-bond donors (Lipinski definition) is 0. The maximum atomic E-state index is 13.7. The van der Waals surface area contributed by atoms with Crippen LogP contribution in [0.15, 0.2) is 24.3 Å². The van der Waals surface area contributed by atoms with Crippen LogP contribution >= 0.6 is 0 Å². The molecule has 1 saturated carbocycles. The fourth-order valence-corrected chi connectivity index (χ4v) is 4.62. The highest BCUT2D eigenvalue weighted by Gasteiger charge is 2.37. The largest absolute Gasteiger partial charge is 0.444 e. The minimum Gasteiger partial charge on any atom is -0.444 e. The van der Waals surface area contributed by atoms with Crippen molar-refractivity contribution in [1.82, 2.24) is 14.7 Å². The summed E-state index contributed by atoms with van der Waals surface area (Å²) < 4.78 is 7.38. The Labute approximate surface area is 201 Å². The van der Waals surface area contributed by atoms with Gasteiger partial charge in [-0.15, -0.1) is 0 Å². The second-order valence-electron chi connectivity index (χ2n) is 10.8. The number of ketones is 1. The molecule has 180 valence electrons. The Balaban J connectivity index is 1.58. The summed E-state index contributed by atoms with van der Waals surface area (Å²) in [6.07, 6.45) is 3.00. The third kappa shape index (κ3) is 5.16. The highest BCUT2D eigenvalue weighted by Crippen LogP contribution is 2.47. The molecule has 34 heavy (non-hydrogen) atoms. The Morgan fingerprint density at radius 2 is 1.85 bits per heavy atom. The molecule has 1 aromatic heterocycles. The number of aromatic nitrogens is 2. The van der Waals surface area contributed by atoms with Gasteiger partial charge in [-0.25, -0.2) is 4.79 Å². The summed E-state index contributed by atoms with van der Waals surface area (Å²) in [6, 6.07) is 9.63. The SMILES string of the molecule is CC(C)n1nc(-c2ccc(C#N)cc2)c(C2CC2)c1C(=O)C[C@H]1CCN(C(=O)OC(C)(C)C)C1. The quantitative estimate of drug-likeness (QED) is 0.513. The monoisotopic (exact) mass is 462 g/mol. The summed E-state index contributed by atoms with van der Waals surface area (Å²) in [5, 5.41) is 14.0. The van der Waals surface area contributed by atoms with Gasteiger partial charge in [-0.2, -0.15) is 10.4 Å². The van der Waals surface area contributed by atoms with Crippen molar-refractivity contribution in [2.45, 2.75) is 77.9 Å². The molecule has 0 bridgehead atoms. The number of carbonyl (C=O) groups excluding carboxylic acids is 2. The molecule has 1 amide bonds. The van der Waals surface area contributed by atoms with Gasteiger partial charge in [-0.05, 0) is 77.8 Å². The van der Waals surface area contributed by atoms with Crippen LogP contribution in [-0.2, 0) is 4.74 Å². The van der Waals surface area contributed by atoms with E-state index in [1.54, 1.807) is 17.0 Å². The van der Waals surface area contributed by atoms with Crippen molar-refractivity contribution in [2.75, 3.05) is 13.1 Å². The number of amides is 1. The third-order valence-electron chi connectivity index (χ3n) is 6.38. The van der Waals surface area contributed by atoms with E-state index in [0.717, 1.165) is 36.1 Å². The van der Waals surface area contributed by atoms with Gasteiger partial charge in [0, 0.05) is 36.7 Å². The Bertz CT molecular complexity index is 1110. The molecule has 2 heterocycles. The highest BCUT2D eigenvalue weighted by molar-refractivity contribution is 5.98. The van der Waals surface area contributed by atoms with Gasteiger partial charge in [-0.3, -0.25) is 9.48 Å². The molecule has 1 atom stereocenters. The number of benzene rings is 1. The number of rotatable bonds is 6. The predicted octanol–water partition coefficient (Wildman–Crippen LogP) is 5.71. The van der Waals surface area contributed by atoms with Crippen LogP contribution in [0.2, 0.25) is 0 Å². The lowest BCUT2D eigenvalue weighted by Gasteiger charge is -2.24. The van der Waals surface area contributed by atoms with Gasteiger partial charge in [-0.1, -0.05) is 12.1 Å². The van der Waals surface area contributed by atoms with E-state index >= 15 is 0 Å². The van der Waals surface area contributed by atoms with Crippen molar-refractivity contribution in [3.63, 3.8) is 0 Å². The fourth-order valence-electron chi connectivity index (χ4n) is 4.62. The summed E-state index contributed by atoms with van der Waals surface area (Å²) in [5.41, 5.74) is 3.62. The maximum Gasteiger partial charge on any atom is 0.410 e. The number of Topliss-reactive ketones (excluding diaryl/α,β-unsaturated/α-hetero) is 1. The van der Waals surface area contributed by atoms with E-state index in [-0.39, 0.29) is 23.8 Å². The number of likely N-dealkylation sites (tertiary alicyclic amines) is 1. The highest BCUT2D eigenvalue weighted by atomic mass is 16.6. The molecule has 0 N–H and O–H groups in total. The van der Waals surface area contributed by atoms with Crippen LogP contribution in [0.1, 0.15) is 93.9 Å². The van der Waals surface area contributed by atoms with Crippen molar-refractivity contribution in [2.24, 2.45) is 5.92 Å². The zero-order valence-electron chi connectivity index (χ0n) is 20.8. The first kappa shape index (κ1) is 24.0. The second kappa shape index (κ2) is 9.25. The lowest BCUT2D eigenvalue weighted by molar-refractivity contribution is 0.0286. The Hall–Kier alpha value is -3.14. The molecule has 1 aliphatic heterocycles. The summed E-state index contributed by atoms with van der Waals surface area (Å²) >= 11 is 0. The second-order valence-corrected chi connectivity index (χ2v) is 10.8. The zero-order valence-corrected chi connectivity index (χ0v) is 20.8. The molecule has 4 rings (SSSR count). The normalized spacial score (nSPS) is 18.3. The molecule has 7 nitrogen and oxygen atoms in total. The molecule has 7 heteroatoms. The van der Waals surface area contributed by atoms with E-state index in [4.69, 9.17) is 15.1 Å². The molecular formula is C27H34N4O3. The summed E-state index contributed by atoms with van der Waals surface area (Å²) in [7, 11) is 0. The van der Waals surface area contributed by atoms with E-state index < -0.39 is 5.60 Å². The molecule has 0 spiro atoms. The Morgan fingerprint density at radius 3 is 2.41 bits per heavy atom. The first-order chi connectivity index (χ1) is 16.1. The molecule has 0 radical (unpaired) electrons. The van der Waals surface area contributed by atoms with Crippen LogP contribution in [0.3, 0.4) is 0 Å². The van der Waals surface area contributed by atoms with Crippen LogP contribution in [0.25, 0.3) is 11.3 Å². The van der Waals surface area contributed by atoms with Crippen molar-refractivity contribution < 1.29 is 14.3 Å². The van der Waals surface area contributed by atoms with E-state index in [9.17, 15) is 9.59 Å². The van der Waals surface area contributed by atoms with Crippen LogP contribution in [-0.4, -0.2) is 45.2 Å². The van der Waals surface area contributed by atoms with Gasteiger partial charge in [0.1, 0.15) is 11.3 Å². The van der Waals surface area contributed by atoms with E-state index in [2.05, 4.69) is 6.07 Å².